The topological polar surface area (TPSA) is 55.8 Å². The first-order valence-electron chi connectivity index (χ1n) is 17.5. The van der Waals surface area contributed by atoms with Gasteiger partial charge in [0, 0.05) is 12.5 Å². The molecule has 43 heavy (non-hydrogen) atoms. The molecule has 1 unspecified atom stereocenters. The van der Waals surface area contributed by atoms with E-state index in [0.29, 0.717) is 22.5 Å². The first-order valence-corrected chi connectivity index (χ1v) is 17.5. The number of rotatable bonds is 10. The molecule has 0 aliphatic heterocycles. The molecule has 4 aliphatic carbocycles. The number of carbonyl (C=O) groups is 1. The highest BCUT2D eigenvalue weighted by molar-refractivity contribution is 5.87. The van der Waals surface area contributed by atoms with Crippen LogP contribution in [0.5, 0.6) is 11.5 Å². The molecule has 0 saturated heterocycles. The molecular weight excluding hydrogens is 532 g/mol. The van der Waals surface area contributed by atoms with E-state index in [0.717, 1.165) is 65.6 Å². The molecule has 4 heteroatoms. The number of aromatic hydroxyl groups is 1. The Morgan fingerprint density at radius 3 is 2.53 bits per heavy atom. The van der Waals surface area contributed by atoms with Gasteiger partial charge in [0.1, 0.15) is 5.76 Å². The Morgan fingerprint density at radius 2 is 1.81 bits per heavy atom. The third-order valence-corrected chi connectivity index (χ3v) is 13.3. The van der Waals surface area contributed by atoms with E-state index >= 15 is 0 Å². The van der Waals surface area contributed by atoms with Gasteiger partial charge in [0.2, 0.25) is 0 Å². The molecule has 238 valence electrons. The molecule has 0 heterocycles. The minimum Gasteiger partial charge on any atom is -0.504 e. The summed E-state index contributed by atoms with van der Waals surface area (Å²) in [7, 11) is 1.52. The summed E-state index contributed by atoms with van der Waals surface area (Å²) in [6.45, 7) is 15.0. The normalized spacial score (nSPS) is 35.1. The number of allylic oxidation sites excluding steroid dienone is 2. The van der Waals surface area contributed by atoms with Crippen LogP contribution >= 0.6 is 0 Å². The summed E-state index contributed by atoms with van der Waals surface area (Å²) in [6.07, 6.45) is 19.7. The molecule has 0 radical (unpaired) electrons. The summed E-state index contributed by atoms with van der Waals surface area (Å²) in [6, 6.07) is 5.03. The maximum Gasteiger partial charge on any atom is 0.335 e. The maximum atomic E-state index is 12.7. The molecule has 4 aliphatic rings. The van der Waals surface area contributed by atoms with E-state index in [9.17, 15) is 9.90 Å². The zero-order valence-electron chi connectivity index (χ0n) is 28.0. The van der Waals surface area contributed by atoms with Crippen LogP contribution in [0, 0.1) is 58.2 Å². The molecule has 0 aromatic heterocycles. The fraction of sp³-hybridized carbons (Fsp3) is 0.718. The van der Waals surface area contributed by atoms with Gasteiger partial charge in [-0.1, -0.05) is 60.5 Å². The van der Waals surface area contributed by atoms with E-state index in [4.69, 9.17) is 9.47 Å². The highest BCUT2D eigenvalue weighted by atomic mass is 16.5. The highest BCUT2D eigenvalue weighted by Gasteiger charge is 2.60. The third-order valence-electron chi connectivity index (χ3n) is 13.3. The van der Waals surface area contributed by atoms with Crippen molar-refractivity contribution < 1.29 is 19.4 Å². The Kier molecular flexibility index (Phi) is 9.74. The predicted octanol–water partition coefficient (Wildman–Crippen LogP) is 10.2. The molecule has 5 rings (SSSR count). The van der Waals surface area contributed by atoms with Crippen molar-refractivity contribution >= 4 is 12.0 Å². The number of fused-ring (bicyclic) bond motifs is 5. The zero-order valence-corrected chi connectivity index (χ0v) is 28.0. The molecule has 3 saturated carbocycles. The SMILES string of the molecule is CC[C@H](CC[C@@H](C)[C@H]1CC[C@H]2[C@@H]3CCC4CC(OC(=O)C=Cc5ccc(O)c(OC)c5)=CC[C@]4(C)[C@H]3CC[C@]12C)C(C)C. The molecule has 0 spiro atoms. The summed E-state index contributed by atoms with van der Waals surface area (Å²) in [4.78, 5) is 12.7. The number of methoxy groups -OCH3 is 1. The van der Waals surface area contributed by atoms with E-state index in [1.807, 2.05) is 0 Å². The molecule has 1 aromatic rings. The van der Waals surface area contributed by atoms with Crippen LogP contribution in [0.3, 0.4) is 0 Å². The van der Waals surface area contributed by atoms with Crippen LogP contribution in [0.2, 0.25) is 0 Å². The molecule has 0 bridgehead atoms. The van der Waals surface area contributed by atoms with Crippen LogP contribution in [0.15, 0.2) is 36.1 Å². The van der Waals surface area contributed by atoms with Gasteiger partial charge in [0.25, 0.3) is 0 Å². The van der Waals surface area contributed by atoms with Crippen molar-refractivity contribution in [1.29, 1.82) is 0 Å². The minimum atomic E-state index is -0.339. The van der Waals surface area contributed by atoms with Crippen LogP contribution in [0.4, 0.5) is 0 Å². The largest absolute Gasteiger partial charge is 0.504 e. The summed E-state index contributed by atoms with van der Waals surface area (Å²) < 4.78 is 11.0. The van der Waals surface area contributed by atoms with Crippen molar-refractivity contribution in [3.05, 3.63) is 41.7 Å². The van der Waals surface area contributed by atoms with E-state index in [1.54, 1.807) is 24.3 Å². The maximum absolute atomic E-state index is 12.7. The van der Waals surface area contributed by atoms with Gasteiger partial charge in [-0.05, 0) is 139 Å². The van der Waals surface area contributed by atoms with Crippen molar-refractivity contribution in [2.45, 2.75) is 112 Å². The summed E-state index contributed by atoms with van der Waals surface area (Å²) in [5.74, 6) is 7.52. The summed E-state index contributed by atoms with van der Waals surface area (Å²) in [5, 5.41) is 9.82. The van der Waals surface area contributed by atoms with Gasteiger partial charge >= 0.3 is 5.97 Å². The monoisotopic (exact) mass is 590 g/mol. The number of benzene rings is 1. The lowest BCUT2D eigenvalue weighted by atomic mass is 9.45. The van der Waals surface area contributed by atoms with Gasteiger partial charge < -0.3 is 14.6 Å². The van der Waals surface area contributed by atoms with Gasteiger partial charge in [0.05, 0.1) is 7.11 Å². The summed E-state index contributed by atoms with van der Waals surface area (Å²) in [5.41, 5.74) is 1.61. The van der Waals surface area contributed by atoms with Gasteiger partial charge in [-0.25, -0.2) is 4.79 Å². The number of hydrogen-bond donors (Lipinski definition) is 1. The van der Waals surface area contributed by atoms with Crippen molar-refractivity contribution in [2.24, 2.45) is 58.2 Å². The van der Waals surface area contributed by atoms with Crippen molar-refractivity contribution in [2.75, 3.05) is 7.11 Å². The molecule has 1 N–H and O–H groups in total. The minimum absolute atomic E-state index is 0.0828. The van der Waals surface area contributed by atoms with E-state index in [-0.39, 0.29) is 11.7 Å². The van der Waals surface area contributed by atoms with Crippen LogP contribution in [-0.4, -0.2) is 18.2 Å². The molecule has 3 fully saturated rings. The number of phenols is 1. The van der Waals surface area contributed by atoms with E-state index < -0.39 is 0 Å². The smallest absolute Gasteiger partial charge is 0.335 e. The van der Waals surface area contributed by atoms with Crippen molar-refractivity contribution in [3.63, 3.8) is 0 Å². The fourth-order valence-electron chi connectivity index (χ4n) is 10.7. The molecule has 9 atom stereocenters. The predicted molar refractivity (Wildman–Crippen MR) is 175 cm³/mol. The van der Waals surface area contributed by atoms with Crippen molar-refractivity contribution in [1.82, 2.24) is 0 Å². The Labute approximate surface area is 261 Å². The standard InChI is InChI=1S/C39H58O4/c1-8-28(25(2)3)12-9-26(4)32-15-16-33-31-14-13-29-24-30(19-21-38(29,5)34(31)20-22-39(32,33)6)43-37(41)18-11-27-10-17-35(40)36(23-27)42-7/h10-11,17-19,23,25-26,28-29,31-34,40H,8-9,12-16,20-22,24H2,1-7H3/t26-,28-,29?,31+,32-,33+,34+,38+,39-/m1/s1. The quantitative estimate of drug-likeness (QED) is 0.218. The first-order chi connectivity index (χ1) is 20.5. The Morgan fingerprint density at radius 1 is 1.05 bits per heavy atom. The van der Waals surface area contributed by atoms with Crippen LogP contribution in [0.1, 0.15) is 118 Å². The second-order valence-electron chi connectivity index (χ2n) is 15.6. The number of carbonyl (C=O) groups excluding carboxylic acids is 1. The van der Waals surface area contributed by atoms with Crippen LogP contribution in [0.25, 0.3) is 6.08 Å². The third kappa shape index (κ3) is 6.32. The molecule has 1 aromatic carbocycles. The van der Waals surface area contributed by atoms with E-state index in [2.05, 4.69) is 47.6 Å². The Hall–Kier alpha value is -2.23. The van der Waals surface area contributed by atoms with Crippen molar-refractivity contribution in [3.8, 4) is 11.5 Å². The Balaban J connectivity index is 1.21. The fourth-order valence-corrected chi connectivity index (χ4v) is 10.7. The molecule has 0 amide bonds. The zero-order chi connectivity index (χ0) is 30.9. The summed E-state index contributed by atoms with van der Waals surface area (Å²) >= 11 is 0. The molecular formula is C39H58O4. The second kappa shape index (κ2) is 13.0. The first kappa shape index (κ1) is 32.2. The average molecular weight is 591 g/mol. The van der Waals surface area contributed by atoms with Gasteiger partial charge in [0.15, 0.2) is 11.5 Å². The number of hydrogen-bond acceptors (Lipinski definition) is 4. The number of esters is 1. The lowest BCUT2D eigenvalue weighted by Crippen LogP contribution is -2.53. The highest BCUT2D eigenvalue weighted by Crippen LogP contribution is 2.68. The molecule has 4 nitrogen and oxygen atoms in total. The lowest BCUT2D eigenvalue weighted by Gasteiger charge is -2.60. The van der Waals surface area contributed by atoms with Crippen LogP contribution in [-0.2, 0) is 9.53 Å². The van der Waals surface area contributed by atoms with Crippen LogP contribution < -0.4 is 4.74 Å². The lowest BCUT2D eigenvalue weighted by molar-refractivity contribution is -0.136. The average Bonchev–Trinajstić information content (AvgIpc) is 3.34. The Bertz CT molecular complexity index is 1200. The van der Waals surface area contributed by atoms with Gasteiger partial charge in [-0.3, -0.25) is 0 Å². The number of phenolic OH excluding ortho intramolecular Hbond substituents is 1. The van der Waals surface area contributed by atoms with E-state index in [1.165, 1.54) is 71.0 Å². The van der Waals surface area contributed by atoms with Gasteiger partial charge in [-0.15, -0.1) is 0 Å². The van der Waals surface area contributed by atoms with Gasteiger partial charge in [-0.2, -0.15) is 0 Å². The second-order valence-corrected chi connectivity index (χ2v) is 15.6. The number of ether oxygens (including phenoxy) is 2.